The number of piperidine rings is 1. The van der Waals surface area contributed by atoms with Crippen LogP contribution in [0.2, 0.25) is 0 Å². The van der Waals surface area contributed by atoms with Crippen LogP contribution in [0.25, 0.3) is 10.6 Å². The molecule has 126 valence electrons. The topological polar surface area (TPSA) is 79.7 Å². The summed E-state index contributed by atoms with van der Waals surface area (Å²) in [7, 11) is 1.60. The maximum absolute atomic E-state index is 12.7. The lowest BCUT2D eigenvalue weighted by Crippen LogP contribution is -2.47. The molecule has 1 fully saturated rings. The summed E-state index contributed by atoms with van der Waals surface area (Å²) in [5.74, 6) is -0.438. The molecule has 1 unspecified atom stereocenters. The number of thiazole rings is 1. The summed E-state index contributed by atoms with van der Waals surface area (Å²) in [6, 6.07) is 6.70. The van der Waals surface area contributed by atoms with Crippen molar-refractivity contribution in [3.05, 3.63) is 35.3 Å². The third kappa shape index (κ3) is 3.26. The van der Waals surface area contributed by atoms with Gasteiger partial charge in [0.25, 0.3) is 5.91 Å². The van der Waals surface area contributed by atoms with Gasteiger partial charge in [-0.1, -0.05) is 0 Å². The molecule has 2 aromatic rings. The lowest BCUT2D eigenvalue weighted by atomic mass is 10.0. The van der Waals surface area contributed by atoms with Gasteiger partial charge in [-0.05, 0) is 43.5 Å². The molecule has 1 N–H and O–H groups in total. The molecule has 0 bridgehead atoms. The first-order chi connectivity index (χ1) is 11.6. The SMILES string of the molecule is COc1ccc(-c2ncc(C(=O)N3CCCCC3C(=O)O)s2)cc1. The van der Waals surface area contributed by atoms with E-state index >= 15 is 0 Å². The molecule has 1 aromatic carbocycles. The molecule has 1 saturated heterocycles. The minimum Gasteiger partial charge on any atom is -0.497 e. The molecule has 7 heteroatoms. The molecule has 1 aliphatic rings. The molecule has 0 radical (unpaired) electrons. The van der Waals surface area contributed by atoms with Crippen molar-refractivity contribution in [1.82, 2.24) is 9.88 Å². The van der Waals surface area contributed by atoms with Gasteiger partial charge in [0.1, 0.15) is 21.7 Å². The number of likely N-dealkylation sites (tertiary alicyclic amines) is 1. The van der Waals surface area contributed by atoms with Crippen LogP contribution in [0.15, 0.2) is 30.5 Å². The second-order valence-corrected chi connectivity index (χ2v) is 6.64. The number of rotatable bonds is 4. The summed E-state index contributed by atoms with van der Waals surface area (Å²) >= 11 is 1.28. The van der Waals surface area contributed by atoms with Crippen molar-refractivity contribution >= 4 is 23.2 Å². The molecule has 1 aromatic heterocycles. The van der Waals surface area contributed by atoms with Crippen LogP contribution in [0.3, 0.4) is 0 Å². The summed E-state index contributed by atoms with van der Waals surface area (Å²) in [5, 5.41) is 10.0. The van der Waals surface area contributed by atoms with Crippen molar-refractivity contribution < 1.29 is 19.4 Å². The molecule has 0 saturated carbocycles. The standard InChI is InChI=1S/C17H18N2O4S/c1-23-12-7-5-11(6-8-12)15-18-10-14(24-15)16(20)19-9-3-2-4-13(19)17(21)22/h5-8,10,13H,2-4,9H2,1H3,(H,21,22). The maximum atomic E-state index is 12.7. The lowest BCUT2D eigenvalue weighted by molar-refractivity contribution is -0.143. The number of ether oxygens (including phenoxy) is 1. The third-order valence-electron chi connectivity index (χ3n) is 4.10. The first-order valence-corrected chi connectivity index (χ1v) is 8.56. The Balaban J connectivity index is 1.81. The fourth-order valence-electron chi connectivity index (χ4n) is 2.81. The highest BCUT2D eigenvalue weighted by molar-refractivity contribution is 7.16. The quantitative estimate of drug-likeness (QED) is 0.921. The van der Waals surface area contributed by atoms with Gasteiger partial charge in [-0.3, -0.25) is 4.79 Å². The van der Waals surface area contributed by atoms with Gasteiger partial charge in [0.15, 0.2) is 0 Å². The molecular weight excluding hydrogens is 328 g/mol. The summed E-state index contributed by atoms with van der Waals surface area (Å²) < 4.78 is 5.13. The Morgan fingerprint density at radius 3 is 2.71 bits per heavy atom. The number of nitrogens with zero attached hydrogens (tertiary/aromatic N) is 2. The van der Waals surface area contributed by atoms with E-state index in [2.05, 4.69) is 4.98 Å². The molecule has 6 nitrogen and oxygen atoms in total. The summed E-state index contributed by atoms with van der Waals surface area (Å²) in [6.07, 6.45) is 3.70. The third-order valence-corrected chi connectivity index (χ3v) is 5.14. The van der Waals surface area contributed by atoms with Crippen LogP contribution < -0.4 is 4.74 Å². The normalized spacial score (nSPS) is 17.5. The van der Waals surface area contributed by atoms with Gasteiger partial charge in [-0.25, -0.2) is 9.78 Å². The zero-order chi connectivity index (χ0) is 17.1. The van der Waals surface area contributed by atoms with Gasteiger partial charge in [0.05, 0.1) is 13.3 Å². The average molecular weight is 346 g/mol. The smallest absolute Gasteiger partial charge is 0.326 e. The minimum atomic E-state index is -0.942. The van der Waals surface area contributed by atoms with Crippen LogP contribution in [0, 0.1) is 0 Å². The zero-order valence-corrected chi connectivity index (χ0v) is 14.1. The van der Waals surface area contributed by atoms with Gasteiger partial charge >= 0.3 is 5.97 Å². The Morgan fingerprint density at radius 2 is 2.04 bits per heavy atom. The number of carboxylic acids is 1. The predicted octanol–water partition coefficient (Wildman–Crippen LogP) is 2.90. The summed E-state index contributed by atoms with van der Waals surface area (Å²) in [6.45, 7) is 0.478. The van der Waals surface area contributed by atoms with Crippen LogP contribution in [0.5, 0.6) is 5.75 Å². The fraction of sp³-hybridized carbons (Fsp3) is 0.353. The van der Waals surface area contributed by atoms with Crippen LogP contribution >= 0.6 is 11.3 Å². The number of aromatic nitrogens is 1. The van der Waals surface area contributed by atoms with E-state index in [4.69, 9.17) is 4.74 Å². The van der Waals surface area contributed by atoms with Crippen molar-refractivity contribution in [2.45, 2.75) is 25.3 Å². The Kier molecular flexibility index (Phi) is 4.80. The molecule has 1 amide bonds. The Hall–Kier alpha value is -2.41. The summed E-state index contributed by atoms with van der Waals surface area (Å²) in [4.78, 5) is 30.3. The number of aliphatic carboxylic acids is 1. The molecule has 1 aliphatic heterocycles. The largest absolute Gasteiger partial charge is 0.497 e. The highest BCUT2D eigenvalue weighted by atomic mass is 32.1. The van der Waals surface area contributed by atoms with E-state index in [1.807, 2.05) is 24.3 Å². The summed E-state index contributed by atoms with van der Waals surface area (Å²) in [5.41, 5.74) is 0.897. The van der Waals surface area contributed by atoms with Crippen molar-refractivity contribution in [3.8, 4) is 16.3 Å². The molecule has 1 atom stereocenters. The number of carbonyl (C=O) groups excluding carboxylic acids is 1. The van der Waals surface area contributed by atoms with Crippen molar-refractivity contribution in [1.29, 1.82) is 0 Å². The lowest BCUT2D eigenvalue weighted by Gasteiger charge is -2.32. The van der Waals surface area contributed by atoms with Crippen LogP contribution in [-0.2, 0) is 4.79 Å². The van der Waals surface area contributed by atoms with Gasteiger partial charge < -0.3 is 14.7 Å². The number of carbonyl (C=O) groups is 2. The number of carboxylic acid groups (broad SMARTS) is 1. The van der Waals surface area contributed by atoms with Crippen LogP contribution in [0.4, 0.5) is 0 Å². The number of hydrogen-bond donors (Lipinski definition) is 1. The van der Waals surface area contributed by atoms with Gasteiger partial charge in [-0.15, -0.1) is 11.3 Å². The first kappa shape index (κ1) is 16.4. The van der Waals surface area contributed by atoms with E-state index in [9.17, 15) is 14.7 Å². The Morgan fingerprint density at radius 1 is 1.29 bits per heavy atom. The molecular formula is C17H18N2O4S. The fourth-order valence-corrected chi connectivity index (χ4v) is 3.69. The monoisotopic (exact) mass is 346 g/mol. The minimum absolute atomic E-state index is 0.251. The average Bonchev–Trinajstić information content (AvgIpc) is 3.11. The van der Waals surface area contributed by atoms with Crippen molar-refractivity contribution in [2.24, 2.45) is 0 Å². The molecule has 3 rings (SSSR count). The number of hydrogen-bond acceptors (Lipinski definition) is 5. The van der Waals surface area contributed by atoms with Crippen LogP contribution in [-0.4, -0.2) is 46.6 Å². The van der Waals surface area contributed by atoms with Gasteiger partial charge in [0, 0.05) is 12.1 Å². The number of benzene rings is 1. The molecule has 0 spiro atoms. The van der Waals surface area contributed by atoms with Gasteiger partial charge in [-0.2, -0.15) is 0 Å². The second kappa shape index (κ2) is 7.00. The second-order valence-electron chi connectivity index (χ2n) is 5.61. The Labute approximate surface area is 143 Å². The van der Waals surface area contributed by atoms with E-state index < -0.39 is 12.0 Å². The maximum Gasteiger partial charge on any atom is 0.326 e. The van der Waals surface area contributed by atoms with E-state index in [1.165, 1.54) is 22.4 Å². The first-order valence-electron chi connectivity index (χ1n) is 7.74. The van der Waals surface area contributed by atoms with E-state index in [-0.39, 0.29) is 5.91 Å². The van der Waals surface area contributed by atoms with Crippen molar-refractivity contribution in [2.75, 3.05) is 13.7 Å². The number of amides is 1. The predicted molar refractivity (Wildman–Crippen MR) is 90.4 cm³/mol. The van der Waals surface area contributed by atoms with E-state index in [0.717, 1.165) is 29.2 Å². The van der Waals surface area contributed by atoms with Gasteiger partial charge in [0.2, 0.25) is 0 Å². The molecule has 24 heavy (non-hydrogen) atoms. The van der Waals surface area contributed by atoms with E-state index in [1.54, 1.807) is 7.11 Å². The number of methoxy groups -OCH3 is 1. The molecule has 2 heterocycles. The van der Waals surface area contributed by atoms with E-state index in [0.29, 0.717) is 17.8 Å². The molecule has 0 aliphatic carbocycles. The Bertz CT molecular complexity index is 741. The van der Waals surface area contributed by atoms with Crippen molar-refractivity contribution in [3.63, 3.8) is 0 Å². The highest BCUT2D eigenvalue weighted by Crippen LogP contribution is 2.29. The highest BCUT2D eigenvalue weighted by Gasteiger charge is 2.33. The zero-order valence-electron chi connectivity index (χ0n) is 13.3. The van der Waals surface area contributed by atoms with Crippen LogP contribution in [0.1, 0.15) is 28.9 Å².